The molecule has 2 heterocycles. The van der Waals surface area contributed by atoms with E-state index in [1.165, 1.54) is 5.56 Å². The van der Waals surface area contributed by atoms with E-state index in [4.69, 9.17) is 4.74 Å². The first-order valence-electron chi connectivity index (χ1n) is 9.11. The van der Waals surface area contributed by atoms with Crippen molar-refractivity contribution in [2.75, 3.05) is 20.1 Å². The fourth-order valence-corrected chi connectivity index (χ4v) is 3.06. The van der Waals surface area contributed by atoms with Crippen LogP contribution in [0.2, 0.25) is 0 Å². The van der Waals surface area contributed by atoms with Gasteiger partial charge in [0.05, 0.1) is 6.54 Å². The number of nitrogens with one attached hydrogen (secondary N) is 2. The first-order chi connectivity index (χ1) is 12.8. The molecule has 6 nitrogen and oxygen atoms in total. The number of aromatic nitrogens is 1. The fourth-order valence-electron chi connectivity index (χ4n) is 3.06. The van der Waals surface area contributed by atoms with Crippen LogP contribution in [-0.4, -0.2) is 36.8 Å². The molecule has 0 fully saturated rings. The van der Waals surface area contributed by atoms with Gasteiger partial charge in [-0.15, -0.1) is 0 Å². The molecule has 1 atom stereocenters. The number of ether oxygens (including phenoxy) is 1. The van der Waals surface area contributed by atoms with Gasteiger partial charge < -0.3 is 19.9 Å². The number of benzene rings is 1. The number of nitrogens with zero attached hydrogens (tertiary/aromatic N) is 2. The van der Waals surface area contributed by atoms with E-state index < -0.39 is 0 Å². The molecular weight excluding hydrogens is 328 g/mol. The Morgan fingerprint density at radius 2 is 2.04 bits per heavy atom. The Labute approximate surface area is 153 Å². The predicted molar refractivity (Wildman–Crippen MR) is 104 cm³/mol. The van der Waals surface area contributed by atoms with Crippen molar-refractivity contribution in [1.29, 1.82) is 0 Å². The van der Waals surface area contributed by atoms with Gasteiger partial charge in [0, 0.05) is 38.8 Å². The summed E-state index contributed by atoms with van der Waals surface area (Å²) in [5.41, 5.74) is 1.31. The molecule has 0 saturated carbocycles. The Kier molecular flexibility index (Phi) is 6.30. The molecule has 6 heteroatoms. The predicted octanol–water partition coefficient (Wildman–Crippen LogP) is 1.80. The Morgan fingerprint density at radius 1 is 1.19 bits per heavy atom. The van der Waals surface area contributed by atoms with E-state index in [2.05, 4.69) is 21.7 Å². The summed E-state index contributed by atoms with van der Waals surface area (Å²) < 4.78 is 7.67. The van der Waals surface area contributed by atoms with Gasteiger partial charge in [0.2, 0.25) is 5.56 Å². The van der Waals surface area contributed by atoms with E-state index in [0.717, 1.165) is 44.1 Å². The molecule has 138 valence electrons. The van der Waals surface area contributed by atoms with Crippen molar-refractivity contribution in [2.24, 2.45) is 4.99 Å². The van der Waals surface area contributed by atoms with Crippen LogP contribution in [0, 0.1) is 0 Å². The van der Waals surface area contributed by atoms with Crippen LogP contribution in [0.5, 0.6) is 5.75 Å². The van der Waals surface area contributed by atoms with Crippen LogP contribution in [0.25, 0.3) is 0 Å². The Balaban J connectivity index is 1.33. The van der Waals surface area contributed by atoms with E-state index in [-0.39, 0.29) is 11.7 Å². The highest BCUT2D eigenvalue weighted by molar-refractivity contribution is 5.79. The molecule has 1 aliphatic heterocycles. The van der Waals surface area contributed by atoms with Gasteiger partial charge in [-0.1, -0.05) is 24.3 Å². The average molecular weight is 354 g/mol. The van der Waals surface area contributed by atoms with Crippen molar-refractivity contribution < 1.29 is 4.74 Å². The molecule has 1 aromatic heterocycles. The van der Waals surface area contributed by atoms with Crippen molar-refractivity contribution in [3.63, 3.8) is 0 Å². The van der Waals surface area contributed by atoms with Gasteiger partial charge in [0.15, 0.2) is 5.96 Å². The van der Waals surface area contributed by atoms with Crippen molar-refractivity contribution >= 4 is 5.96 Å². The maximum absolute atomic E-state index is 11.6. The van der Waals surface area contributed by atoms with Crippen LogP contribution in [0.4, 0.5) is 0 Å². The molecule has 2 aromatic rings. The highest BCUT2D eigenvalue weighted by Crippen LogP contribution is 2.27. The zero-order valence-corrected chi connectivity index (χ0v) is 15.1. The maximum atomic E-state index is 11.6. The largest absolute Gasteiger partial charge is 0.488 e. The van der Waals surface area contributed by atoms with Crippen LogP contribution in [0.1, 0.15) is 18.4 Å². The van der Waals surface area contributed by atoms with Crippen molar-refractivity contribution in [3.8, 4) is 5.75 Å². The second-order valence-electron chi connectivity index (χ2n) is 6.37. The zero-order valence-electron chi connectivity index (χ0n) is 15.1. The Morgan fingerprint density at radius 3 is 2.85 bits per heavy atom. The summed E-state index contributed by atoms with van der Waals surface area (Å²) in [6.45, 7) is 2.27. The van der Waals surface area contributed by atoms with Gasteiger partial charge in [0.1, 0.15) is 11.9 Å². The third-order valence-electron chi connectivity index (χ3n) is 4.45. The monoisotopic (exact) mass is 354 g/mol. The summed E-state index contributed by atoms with van der Waals surface area (Å²) in [5.74, 6) is 1.76. The lowest BCUT2D eigenvalue weighted by Gasteiger charge is -2.15. The number of pyridine rings is 1. The number of aliphatic imine (C=N–C) groups is 1. The third kappa shape index (κ3) is 4.88. The van der Waals surface area contributed by atoms with Crippen LogP contribution in [0.15, 0.2) is 58.4 Å². The van der Waals surface area contributed by atoms with Crippen molar-refractivity contribution in [3.05, 3.63) is 64.6 Å². The van der Waals surface area contributed by atoms with Crippen molar-refractivity contribution in [1.82, 2.24) is 15.2 Å². The maximum Gasteiger partial charge on any atom is 0.250 e. The first kappa shape index (κ1) is 18.0. The number of aryl methyl sites for hydroxylation is 1. The number of unbranched alkanes of at least 4 members (excludes halogenated alkanes) is 1. The third-order valence-corrected chi connectivity index (χ3v) is 4.45. The summed E-state index contributed by atoms with van der Waals surface area (Å²) in [6.07, 6.45) is 4.79. The molecule has 0 radical (unpaired) electrons. The molecule has 26 heavy (non-hydrogen) atoms. The Hall–Kier alpha value is -2.76. The molecule has 1 unspecified atom stereocenters. The first-order valence-corrected chi connectivity index (χ1v) is 9.11. The lowest BCUT2D eigenvalue weighted by Crippen LogP contribution is -2.42. The standard InChI is InChI=1S/C20H26N4O2/c1-21-20(22-11-5-7-13-24-12-6-4-10-19(24)25)23-15-17-14-16-8-2-3-9-18(16)26-17/h2-4,6,8-10,12,17H,5,7,11,13-15H2,1H3,(H2,21,22,23). The molecule has 2 N–H and O–H groups in total. The summed E-state index contributed by atoms with van der Waals surface area (Å²) >= 11 is 0. The van der Waals surface area contributed by atoms with Gasteiger partial charge in [0.25, 0.3) is 0 Å². The number of guanidine groups is 1. The highest BCUT2D eigenvalue weighted by Gasteiger charge is 2.22. The Bertz CT molecular complexity index is 775. The number of fused-ring (bicyclic) bond motifs is 1. The van der Waals surface area contributed by atoms with Crippen molar-refractivity contribution in [2.45, 2.75) is 31.9 Å². The highest BCUT2D eigenvalue weighted by atomic mass is 16.5. The average Bonchev–Trinajstić information content (AvgIpc) is 3.08. The van der Waals surface area contributed by atoms with Crippen LogP contribution in [-0.2, 0) is 13.0 Å². The summed E-state index contributed by atoms with van der Waals surface area (Å²) in [5, 5.41) is 6.63. The molecule has 3 rings (SSSR count). The lowest BCUT2D eigenvalue weighted by molar-refractivity contribution is 0.235. The van der Waals surface area contributed by atoms with E-state index in [1.54, 1.807) is 23.7 Å². The molecule has 0 spiro atoms. The smallest absolute Gasteiger partial charge is 0.250 e. The van der Waals surface area contributed by atoms with Gasteiger partial charge in [-0.25, -0.2) is 0 Å². The summed E-state index contributed by atoms with van der Waals surface area (Å²) in [4.78, 5) is 15.9. The molecule has 1 aromatic carbocycles. The second-order valence-corrected chi connectivity index (χ2v) is 6.37. The van der Waals surface area contributed by atoms with E-state index in [9.17, 15) is 4.79 Å². The van der Waals surface area contributed by atoms with Crippen LogP contribution < -0.4 is 20.9 Å². The minimum absolute atomic E-state index is 0.0514. The quantitative estimate of drug-likeness (QED) is 0.452. The minimum atomic E-state index is 0.0514. The summed E-state index contributed by atoms with van der Waals surface area (Å²) in [6, 6.07) is 13.4. The topological polar surface area (TPSA) is 67.7 Å². The number of hydrogen-bond donors (Lipinski definition) is 2. The van der Waals surface area contributed by atoms with E-state index in [1.807, 2.05) is 30.5 Å². The molecule has 1 aliphatic rings. The summed E-state index contributed by atoms with van der Waals surface area (Å²) in [7, 11) is 1.77. The molecule has 0 saturated heterocycles. The normalized spacial score (nSPS) is 16.0. The van der Waals surface area contributed by atoms with Gasteiger partial charge >= 0.3 is 0 Å². The van der Waals surface area contributed by atoms with Crippen LogP contribution >= 0.6 is 0 Å². The second kappa shape index (κ2) is 9.08. The van der Waals surface area contributed by atoms with Gasteiger partial charge in [-0.3, -0.25) is 9.79 Å². The van der Waals surface area contributed by atoms with E-state index >= 15 is 0 Å². The molecule has 0 bridgehead atoms. The molecule has 0 amide bonds. The zero-order chi connectivity index (χ0) is 18.2. The SMILES string of the molecule is CN=C(NCCCCn1ccccc1=O)NCC1Cc2ccccc2O1. The minimum Gasteiger partial charge on any atom is -0.488 e. The van der Waals surface area contributed by atoms with Gasteiger partial charge in [-0.05, 0) is 30.5 Å². The number of rotatable bonds is 7. The fraction of sp³-hybridized carbons (Fsp3) is 0.400. The lowest BCUT2D eigenvalue weighted by atomic mass is 10.1. The molecular formula is C20H26N4O2. The van der Waals surface area contributed by atoms with Gasteiger partial charge in [-0.2, -0.15) is 0 Å². The number of hydrogen-bond acceptors (Lipinski definition) is 3. The number of para-hydroxylation sites is 1. The molecule has 0 aliphatic carbocycles. The van der Waals surface area contributed by atoms with Crippen LogP contribution in [0.3, 0.4) is 0 Å². The van der Waals surface area contributed by atoms with E-state index in [0.29, 0.717) is 6.54 Å².